The first-order valence-corrected chi connectivity index (χ1v) is 4.63. The Morgan fingerprint density at radius 2 is 2.13 bits per heavy atom. The van der Waals surface area contributed by atoms with Gasteiger partial charge in [-0.1, -0.05) is 0 Å². The fourth-order valence-corrected chi connectivity index (χ4v) is 1.14. The van der Waals surface area contributed by atoms with E-state index in [-0.39, 0.29) is 34.6 Å². The van der Waals surface area contributed by atoms with Crippen molar-refractivity contribution in [3.05, 3.63) is 24.8 Å². The van der Waals surface area contributed by atoms with E-state index in [1.54, 1.807) is 0 Å². The molecule has 1 atom stereocenters. The molecule has 0 aliphatic rings. The van der Waals surface area contributed by atoms with Crippen LogP contribution in [0.2, 0.25) is 0 Å². The van der Waals surface area contributed by atoms with Gasteiger partial charge >= 0.3 is 29.6 Å². The van der Waals surface area contributed by atoms with Crippen LogP contribution in [0.3, 0.4) is 0 Å². The molecule has 0 aliphatic carbocycles. The molecule has 0 spiro atoms. The molecule has 0 amide bonds. The Hall–Kier alpha value is -0.670. The summed E-state index contributed by atoms with van der Waals surface area (Å²) in [4.78, 5) is 3.72. The van der Waals surface area contributed by atoms with E-state index in [4.69, 9.17) is 0 Å². The van der Waals surface area contributed by atoms with Crippen molar-refractivity contribution in [2.75, 3.05) is 0 Å². The van der Waals surface area contributed by atoms with Crippen molar-refractivity contribution in [1.82, 2.24) is 25.0 Å². The first-order chi connectivity index (χ1) is 6.77. The minimum atomic E-state index is -2.35. The second-order valence-corrected chi connectivity index (χ2v) is 3.19. The molecule has 0 saturated carbocycles. The minimum absolute atomic E-state index is 0. The van der Waals surface area contributed by atoms with Crippen LogP contribution < -0.4 is 29.6 Å². The zero-order valence-electron chi connectivity index (χ0n) is 7.77. The van der Waals surface area contributed by atoms with Crippen molar-refractivity contribution >= 4 is 11.1 Å². The zero-order valence-corrected chi connectivity index (χ0v) is 10.6. The SMILES string of the molecule is O=S([O-])c1ccc(-n2cncn2)nn1.[Na+]. The average Bonchev–Trinajstić information content (AvgIpc) is 2.71. The van der Waals surface area contributed by atoms with Crippen LogP contribution in [0.25, 0.3) is 5.82 Å². The van der Waals surface area contributed by atoms with E-state index in [2.05, 4.69) is 20.3 Å². The van der Waals surface area contributed by atoms with E-state index in [1.165, 1.54) is 29.5 Å². The minimum Gasteiger partial charge on any atom is -0.767 e. The predicted molar refractivity (Wildman–Crippen MR) is 44.1 cm³/mol. The Labute approximate surface area is 110 Å². The summed E-state index contributed by atoms with van der Waals surface area (Å²) in [7, 11) is 0. The van der Waals surface area contributed by atoms with Crippen molar-refractivity contribution in [1.29, 1.82) is 0 Å². The Balaban J connectivity index is 0.00000112. The largest absolute Gasteiger partial charge is 1.00 e. The Kier molecular flexibility index (Phi) is 4.48. The predicted octanol–water partition coefficient (Wildman–Crippen LogP) is -3.70. The molecule has 2 aromatic heterocycles. The molecule has 7 nitrogen and oxygen atoms in total. The second-order valence-electron chi connectivity index (χ2n) is 2.30. The third-order valence-electron chi connectivity index (χ3n) is 1.45. The average molecular weight is 233 g/mol. The molecular formula is C6H4N5NaO2S. The van der Waals surface area contributed by atoms with E-state index in [9.17, 15) is 8.76 Å². The topological polar surface area (TPSA) is 96.6 Å². The molecule has 0 fully saturated rings. The zero-order chi connectivity index (χ0) is 9.97. The van der Waals surface area contributed by atoms with Crippen molar-refractivity contribution in [3.8, 4) is 5.82 Å². The van der Waals surface area contributed by atoms with Gasteiger partial charge in [0.1, 0.15) is 17.7 Å². The van der Waals surface area contributed by atoms with Gasteiger partial charge in [-0.25, -0.2) is 9.67 Å². The van der Waals surface area contributed by atoms with Gasteiger partial charge in [0.15, 0.2) is 5.82 Å². The summed E-state index contributed by atoms with van der Waals surface area (Å²) in [5, 5.41) is 10.8. The Bertz CT molecular complexity index is 445. The summed E-state index contributed by atoms with van der Waals surface area (Å²) in [5.74, 6) is 0.414. The Morgan fingerprint density at radius 1 is 1.33 bits per heavy atom. The van der Waals surface area contributed by atoms with Crippen LogP contribution in [0.4, 0.5) is 0 Å². The fraction of sp³-hybridized carbons (Fsp3) is 0. The van der Waals surface area contributed by atoms with Gasteiger partial charge in [-0.15, -0.1) is 10.2 Å². The summed E-state index contributed by atoms with van der Waals surface area (Å²) in [6.45, 7) is 0. The van der Waals surface area contributed by atoms with Gasteiger partial charge in [0.05, 0.1) is 0 Å². The molecule has 0 bridgehead atoms. The van der Waals surface area contributed by atoms with Crippen LogP contribution in [0.15, 0.2) is 29.8 Å². The third kappa shape index (κ3) is 2.89. The molecule has 2 rings (SSSR count). The molecule has 0 saturated heterocycles. The number of rotatable bonds is 2. The third-order valence-corrected chi connectivity index (χ3v) is 2.01. The van der Waals surface area contributed by atoms with Gasteiger partial charge in [-0.3, -0.25) is 4.21 Å². The molecule has 0 aliphatic heterocycles. The normalized spacial score (nSPS) is 11.8. The van der Waals surface area contributed by atoms with E-state index >= 15 is 0 Å². The maximum Gasteiger partial charge on any atom is 1.00 e. The summed E-state index contributed by atoms with van der Waals surface area (Å²) in [6, 6.07) is 2.83. The van der Waals surface area contributed by atoms with Gasteiger partial charge in [0.2, 0.25) is 0 Å². The quantitative estimate of drug-likeness (QED) is 0.391. The molecular weight excluding hydrogens is 229 g/mol. The van der Waals surface area contributed by atoms with Crippen LogP contribution in [-0.2, 0) is 11.1 Å². The van der Waals surface area contributed by atoms with E-state index < -0.39 is 11.1 Å². The maximum atomic E-state index is 10.5. The van der Waals surface area contributed by atoms with Crippen LogP contribution in [0.1, 0.15) is 0 Å². The summed E-state index contributed by atoms with van der Waals surface area (Å²) in [5.41, 5.74) is 0. The fourth-order valence-electron chi connectivity index (χ4n) is 0.851. The van der Waals surface area contributed by atoms with Crippen LogP contribution >= 0.6 is 0 Å². The van der Waals surface area contributed by atoms with E-state index in [0.29, 0.717) is 5.82 Å². The second kappa shape index (κ2) is 5.42. The first-order valence-electron chi connectivity index (χ1n) is 3.55. The van der Waals surface area contributed by atoms with Crippen molar-refractivity contribution in [3.63, 3.8) is 0 Å². The Morgan fingerprint density at radius 3 is 2.60 bits per heavy atom. The molecule has 0 N–H and O–H groups in total. The van der Waals surface area contributed by atoms with E-state index in [1.807, 2.05) is 0 Å². The van der Waals surface area contributed by atoms with Crippen LogP contribution in [0.5, 0.6) is 0 Å². The molecule has 2 aromatic rings. The van der Waals surface area contributed by atoms with Crippen LogP contribution in [-0.4, -0.2) is 33.7 Å². The number of nitrogens with zero attached hydrogens (tertiary/aromatic N) is 5. The van der Waals surface area contributed by atoms with Crippen molar-refractivity contribution in [2.24, 2.45) is 0 Å². The number of aromatic nitrogens is 5. The van der Waals surface area contributed by atoms with Crippen molar-refractivity contribution in [2.45, 2.75) is 5.03 Å². The molecule has 72 valence electrons. The van der Waals surface area contributed by atoms with Gasteiger partial charge in [-0.05, 0) is 23.2 Å². The monoisotopic (exact) mass is 233 g/mol. The van der Waals surface area contributed by atoms with Gasteiger partial charge in [0, 0.05) is 0 Å². The molecule has 0 aromatic carbocycles. The maximum absolute atomic E-state index is 10.5. The summed E-state index contributed by atoms with van der Waals surface area (Å²) >= 11 is -2.35. The van der Waals surface area contributed by atoms with E-state index in [0.717, 1.165) is 0 Å². The van der Waals surface area contributed by atoms with Crippen LogP contribution in [0, 0.1) is 0 Å². The number of hydrogen-bond acceptors (Lipinski definition) is 6. The standard InChI is InChI=1S/C6H5N5O2S.Na/c12-14(13)6-2-1-5(9-10-6)11-4-7-3-8-11;/h1-4H,(H,12,13);/q;+1/p-1. The first kappa shape index (κ1) is 12.4. The number of hydrogen-bond donors (Lipinski definition) is 0. The van der Waals surface area contributed by atoms with Crippen molar-refractivity contribution < 1.29 is 38.3 Å². The molecule has 0 radical (unpaired) electrons. The summed E-state index contributed by atoms with van der Waals surface area (Å²) in [6.07, 6.45) is 2.79. The molecule has 1 unspecified atom stereocenters. The van der Waals surface area contributed by atoms with Gasteiger partial charge in [0.25, 0.3) is 0 Å². The summed E-state index contributed by atoms with van der Waals surface area (Å²) < 4.78 is 22.3. The molecule has 2 heterocycles. The van der Waals surface area contributed by atoms with Gasteiger partial charge in [-0.2, -0.15) is 5.10 Å². The molecule has 9 heteroatoms. The molecule has 15 heavy (non-hydrogen) atoms. The van der Waals surface area contributed by atoms with Gasteiger partial charge < -0.3 is 4.55 Å². The smallest absolute Gasteiger partial charge is 0.767 e.